The Bertz CT molecular complexity index is 583. The highest BCUT2D eigenvalue weighted by molar-refractivity contribution is 6.30. The van der Waals surface area contributed by atoms with Crippen molar-refractivity contribution in [1.82, 2.24) is 15.3 Å². The van der Waals surface area contributed by atoms with E-state index in [9.17, 15) is 4.79 Å². The van der Waals surface area contributed by atoms with E-state index in [1.165, 1.54) is 6.26 Å². The van der Waals surface area contributed by atoms with Gasteiger partial charge in [-0.3, -0.25) is 4.79 Å². The van der Waals surface area contributed by atoms with Gasteiger partial charge in [0, 0.05) is 37.5 Å². The predicted molar refractivity (Wildman–Crippen MR) is 89.0 cm³/mol. The number of rotatable bonds is 9. The molecule has 23 heavy (non-hydrogen) atoms. The molecule has 0 radical (unpaired) electrons. The van der Waals surface area contributed by atoms with Crippen LogP contribution in [0.5, 0.6) is 0 Å². The number of aliphatic imine (C=N–C) groups is 1. The SMILES string of the molecule is CC(C)NC(=O)CO/C=C/Cc1nccc(N=C(C=N)CN)n1. The average Bonchev–Trinajstić information content (AvgIpc) is 2.52. The van der Waals surface area contributed by atoms with Gasteiger partial charge in [-0.25, -0.2) is 15.0 Å². The van der Waals surface area contributed by atoms with Gasteiger partial charge in [0.15, 0.2) is 12.4 Å². The molecule has 0 aliphatic rings. The lowest BCUT2D eigenvalue weighted by molar-refractivity contribution is -0.124. The lowest BCUT2D eigenvalue weighted by atomic mass is 10.3. The average molecular weight is 318 g/mol. The third kappa shape index (κ3) is 7.82. The van der Waals surface area contributed by atoms with Crippen molar-refractivity contribution in [3.63, 3.8) is 0 Å². The minimum Gasteiger partial charge on any atom is -0.492 e. The van der Waals surface area contributed by atoms with Gasteiger partial charge in [-0.15, -0.1) is 0 Å². The van der Waals surface area contributed by atoms with E-state index in [1.807, 2.05) is 13.8 Å². The van der Waals surface area contributed by atoms with Crippen molar-refractivity contribution in [3.8, 4) is 0 Å². The van der Waals surface area contributed by atoms with Crippen LogP contribution in [-0.4, -0.2) is 47.0 Å². The summed E-state index contributed by atoms with van der Waals surface area (Å²) in [5.74, 6) is 0.835. The molecule has 1 heterocycles. The van der Waals surface area contributed by atoms with E-state index in [-0.39, 0.29) is 25.1 Å². The lowest BCUT2D eigenvalue weighted by Gasteiger charge is -2.07. The van der Waals surface area contributed by atoms with Crippen LogP contribution < -0.4 is 11.1 Å². The highest BCUT2D eigenvalue weighted by Gasteiger charge is 2.02. The number of nitrogens with one attached hydrogen (secondary N) is 2. The number of aromatic nitrogens is 2. The van der Waals surface area contributed by atoms with Crippen molar-refractivity contribution in [2.24, 2.45) is 10.7 Å². The summed E-state index contributed by atoms with van der Waals surface area (Å²) in [5.41, 5.74) is 5.89. The number of carbonyl (C=O) groups is 1. The van der Waals surface area contributed by atoms with Gasteiger partial charge in [-0.05, 0) is 19.9 Å². The molecule has 1 aromatic heterocycles. The molecule has 0 bridgehead atoms. The standard InChI is InChI=1S/C15H22N6O2/c1-11(2)19-15(22)10-23-7-3-4-13-18-6-5-14(21-13)20-12(8-16)9-17/h3,5-8,11,16H,4,9-10,17H2,1-2H3,(H,19,22)/b7-3+,16-8?,20-12?. The summed E-state index contributed by atoms with van der Waals surface area (Å²) >= 11 is 0. The summed E-state index contributed by atoms with van der Waals surface area (Å²) in [6, 6.07) is 1.73. The molecule has 1 aromatic rings. The second-order valence-electron chi connectivity index (χ2n) is 4.89. The number of carbonyl (C=O) groups excluding carboxylic acids is 1. The molecule has 8 heteroatoms. The molecule has 0 spiro atoms. The monoisotopic (exact) mass is 318 g/mol. The fourth-order valence-electron chi connectivity index (χ4n) is 1.54. The van der Waals surface area contributed by atoms with E-state index in [0.29, 0.717) is 23.8 Å². The fourth-order valence-corrected chi connectivity index (χ4v) is 1.54. The number of nitrogens with two attached hydrogens (primary N) is 1. The van der Waals surface area contributed by atoms with Crippen LogP contribution in [0.2, 0.25) is 0 Å². The van der Waals surface area contributed by atoms with E-state index >= 15 is 0 Å². The Balaban J connectivity index is 2.49. The molecule has 0 saturated heterocycles. The van der Waals surface area contributed by atoms with Crippen LogP contribution in [0, 0.1) is 5.41 Å². The third-order valence-electron chi connectivity index (χ3n) is 2.48. The number of hydrogen-bond acceptors (Lipinski definition) is 7. The van der Waals surface area contributed by atoms with Crippen LogP contribution in [0.15, 0.2) is 29.6 Å². The Hall–Kier alpha value is -2.61. The summed E-state index contributed by atoms with van der Waals surface area (Å²) in [6.07, 6.45) is 6.29. The van der Waals surface area contributed by atoms with E-state index < -0.39 is 0 Å². The molecule has 0 atom stereocenters. The van der Waals surface area contributed by atoms with Gasteiger partial charge in [0.2, 0.25) is 0 Å². The van der Waals surface area contributed by atoms with Gasteiger partial charge in [0.05, 0.1) is 12.0 Å². The van der Waals surface area contributed by atoms with Gasteiger partial charge in [0.25, 0.3) is 5.91 Å². The lowest BCUT2D eigenvalue weighted by Crippen LogP contribution is -2.32. The zero-order valence-corrected chi connectivity index (χ0v) is 13.3. The van der Waals surface area contributed by atoms with E-state index in [2.05, 4.69) is 20.3 Å². The van der Waals surface area contributed by atoms with Crippen molar-refractivity contribution >= 4 is 23.7 Å². The van der Waals surface area contributed by atoms with Crippen LogP contribution in [0.25, 0.3) is 0 Å². The molecule has 124 valence electrons. The molecule has 8 nitrogen and oxygen atoms in total. The maximum atomic E-state index is 11.4. The van der Waals surface area contributed by atoms with Gasteiger partial charge in [-0.1, -0.05) is 0 Å². The van der Waals surface area contributed by atoms with Crippen LogP contribution in [0.1, 0.15) is 19.7 Å². The highest BCUT2D eigenvalue weighted by atomic mass is 16.5. The van der Waals surface area contributed by atoms with Crippen molar-refractivity contribution < 1.29 is 9.53 Å². The van der Waals surface area contributed by atoms with Crippen molar-refractivity contribution in [3.05, 3.63) is 30.4 Å². The van der Waals surface area contributed by atoms with Gasteiger partial charge >= 0.3 is 0 Å². The van der Waals surface area contributed by atoms with E-state index in [4.69, 9.17) is 15.9 Å². The fraction of sp³-hybridized carbons (Fsp3) is 0.400. The molecular formula is C15H22N6O2. The van der Waals surface area contributed by atoms with Crippen LogP contribution in [0.4, 0.5) is 5.82 Å². The number of amides is 1. The summed E-state index contributed by atoms with van der Waals surface area (Å²) in [5, 5.41) is 9.88. The number of ether oxygens (including phenoxy) is 1. The summed E-state index contributed by atoms with van der Waals surface area (Å²) in [7, 11) is 0. The zero-order chi connectivity index (χ0) is 17.1. The molecule has 0 saturated carbocycles. The predicted octanol–water partition coefficient (Wildman–Crippen LogP) is 0.755. The van der Waals surface area contributed by atoms with Crippen molar-refractivity contribution in [1.29, 1.82) is 5.41 Å². The second-order valence-corrected chi connectivity index (χ2v) is 4.89. The number of hydrogen-bond donors (Lipinski definition) is 3. The largest absolute Gasteiger partial charge is 0.492 e. The van der Waals surface area contributed by atoms with Gasteiger partial charge in [0.1, 0.15) is 5.82 Å². The molecule has 0 fully saturated rings. The summed E-state index contributed by atoms with van der Waals surface area (Å²) in [4.78, 5) is 23.8. The summed E-state index contributed by atoms with van der Waals surface area (Å²) in [6.45, 7) is 3.91. The zero-order valence-electron chi connectivity index (χ0n) is 13.3. The van der Waals surface area contributed by atoms with E-state index in [0.717, 1.165) is 6.21 Å². The molecule has 1 rings (SSSR count). The Morgan fingerprint density at radius 3 is 3.00 bits per heavy atom. The second kappa shape index (κ2) is 10.2. The molecule has 1 amide bonds. The number of allylic oxidation sites excluding steroid dienone is 1. The van der Waals surface area contributed by atoms with E-state index in [1.54, 1.807) is 18.3 Å². The first kappa shape index (κ1) is 18.4. The van der Waals surface area contributed by atoms with Crippen molar-refractivity contribution in [2.75, 3.05) is 13.2 Å². The molecule has 0 unspecified atom stereocenters. The first-order valence-corrected chi connectivity index (χ1v) is 7.21. The minimum atomic E-state index is -0.168. The molecule has 0 aliphatic heterocycles. The molecule has 0 aliphatic carbocycles. The Labute approximate surface area is 135 Å². The Morgan fingerprint density at radius 2 is 2.35 bits per heavy atom. The highest BCUT2D eigenvalue weighted by Crippen LogP contribution is 2.07. The summed E-state index contributed by atoms with van der Waals surface area (Å²) < 4.78 is 5.13. The van der Waals surface area contributed by atoms with Crippen LogP contribution in [0.3, 0.4) is 0 Å². The van der Waals surface area contributed by atoms with Gasteiger partial charge < -0.3 is 21.2 Å². The van der Waals surface area contributed by atoms with Crippen LogP contribution >= 0.6 is 0 Å². The van der Waals surface area contributed by atoms with Crippen molar-refractivity contribution in [2.45, 2.75) is 26.3 Å². The molecule has 0 aromatic carbocycles. The maximum absolute atomic E-state index is 11.4. The Morgan fingerprint density at radius 1 is 1.57 bits per heavy atom. The quantitative estimate of drug-likeness (QED) is 0.457. The van der Waals surface area contributed by atoms with Crippen LogP contribution in [-0.2, 0) is 16.0 Å². The smallest absolute Gasteiger partial charge is 0.258 e. The minimum absolute atomic E-state index is 0.0287. The first-order chi connectivity index (χ1) is 11.0. The normalized spacial score (nSPS) is 11.7. The molecule has 4 N–H and O–H groups in total. The first-order valence-electron chi connectivity index (χ1n) is 7.21. The third-order valence-corrected chi connectivity index (χ3v) is 2.48. The number of nitrogens with zero attached hydrogens (tertiary/aromatic N) is 3. The molecular weight excluding hydrogens is 296 g/mol. The Kier molecular flexibility index (Phi) is 8.16. The maximum Gasteiger partial charge on any atom is 0.258 e. The topological polar surface area (TPSA) is 126 Å². The van der Waals surface area contributed by atoms with Gasteiger partial charge in [-0.2, -0.15) is 0 Å².